The molecule has 1 aliphatic rings. The molecule has 0 bridgehead atoms. The first-order chi connectivity index (χ1) is 7.13. The summed E-state index contributed by atoms with van der Waals surface area (Å²) in [5.74, 6) is 0. The van der Waals surface area contributed by atoms with Crippen molar-refractivity contribution in [2.75, 3.05) is 6.61 Å². The van der Waals surface area contributed by atoms with Crippen LogP contribution in [0.25, 0.3) is 0 Å². The SMILES string of the molecule is CC[C@]1(CO)Cc2ccc(C)cc2[C@H]1O. The monoisotopic (exact) mass is 206 g/mol. The summed E-state index contributed by atoms with van der Waals surface area (Å²) in [5, 5.41) is 19.7. The third-order valence-electron chi connectivity index (χ3n) is 3.74. The smallest absolute Gasteiger partial charge is 0.0874 e. The van der Waals surface area contributed by atoms with E-state index in [1.165, 1.54) is 5.56 Å². The van der Waals surface area contributed by atoms with Crippen LogP contribution < -0.4 is 0 Å². The van der Waals surface area contributed by atoms with Crippen LogP contribution in [0.2, 0.25) is 0 Å². The van der Waals surface area contributed by atoms with Gasteiger partial charge in [-0.25, -0.2) is 0 Å². The molecular formula is C13H18O2. The lowest BCUT2D eigenvalue weighted by Gasteiger charge is -2.29. The van der Waals surface area contributed by atoms with Crippen molar-refractivity contribution in [1.82, 2.24) is 0 Å². The van der Waals surface area contributed by atoms with E-state index in [1.807, 2.05) is 19.9 Å². The van der Waals surface area contributed by atoms with E-state index < -0.39 is 6.10 Å². The second-order valence-corrected chi connectivity index (χ2v) is 4.66. The molecule has 2 atom stereocenters. The zero-order chi connectivity index (χ0) is 11.1. The number of aliphatic hydroxyl groups excluding tert-OH is 2. The summed E-state index contributed by atoms with van der Waals surface area (Å²) in [6.07, 6.45) is 1.08. The molecule has 1 aromatic carbocycles. The topological polar surface area (TPSA) is 40.5 Å². The van der Waals surface area contributed by atoms with Gasteiger partial charge in [0.25, 0.3) is 0 Å². The van der Waals surface area contributed by atoms with E-state index in [1.54, 1.807) is 0 Å². The Morgan fingerprint density at radius 2 is 2.20 bits per heavy atom. The summed E-state index contributed by atoms with van der Waals surface area (Å²) in [6.45, 7) is 4.11. The van der Waals surface area contributed by atoms with Crippen LogP contribution in [0.4, 0.5) is 0 Å². The Hall–Kier alpha value is -0.860. The average molecular weight is 206 g/mol. The molecule has 0 aromatic heterocycles. The third kappa shape index (κ3) is 1.48. The highest BCUT2D eigenvalue weighted by atomic mass is 16.3. The van der Waals surface area contributed by atoms with Crippen molar-refractivity contribution in [3.8, 4) is 0 Å². The quantitative estimate of drug-likeness (QED) is 0.776. The van der Waals surface area contributed by atoms with E-state index in [0.717, 1.165) is 24.0 Å². The molecule has 0 saturated heterocycles. The van der Waals surface area contributed by atoms with Gasteiger partial charge in [0.15, 0.2) is 0 Å². The normalized spacial score (nSPS) is 29.2. The fourth-order valence-corrected chi connectivity index (χ4v) is 2.51. The molecule has 2 rings (SSSR count). The molecule has 0 radical (unpaired) electrons. The summed E-state index contributed by atoms with van der Waals surface area (Å²) >= 11 is 0. The number of benzene rings is 1. The fraction of sp³-hybridized carbons (Fsp3) is 0.538. The van der Waals surface area contributed by atoms with Gasteiger partial charge in [-0.3, -0.25) is 0 Å². The lowest BCUT2D eigenvalue weighted by molar-refractivity contribution is -0.00854. The summed E-state index contributed by atoms with van der Waals surface area (Å²) in [6, 6.07) is 6.17. The van der Waals surface area contributed by atoms with Crippen molar-refractivity contribution in [2.24, 2.45) is 5.41 Å². The van der Waals surface area contributed by atoms with E-state index in [4.69, 9.17) is 0 Å². The largest absolute Gasteiger partial charge is 0.396 e. The van der Waals surface area contributed by atoms with Gasteiger partial charge < -0.3 is 10.2 Å². The van der Waals surface area contributed by atoms with E-state index in [9.17, 15) is 10.2 Å². The molecule has 0 unspecified atom stereocenters. The summed E-state index contributed by atoms with van der Waals surface area (Å²) in [4.78, 5) is 0. The van der Waals surface area contributed by atoms with Gasteiger partial charge in [0.2, 0.25) is 0 Å². The van der Waals surface area contributed by atoms with Gasteiger partial charge in [0.1, 0.15) is 0 Å². The summed E-state index contributed by atoms with van der Waals surface area (Å²) in [5.41, 5.74) is 3.00. The minimum atomic E-state index is -0.512. The molecular weight excluding hydrogens is 188 g/mol. The maximum Gasteiger partial charge on any atom is 0.0874 e. The highest BCUT2D eigenvalue weighted by Gasteiger charge is 2.43. The number of hydrogen-bond donors (Lipinski definition) is 2. The molecule has 0 heterocycles. The molecule has 1 aromatic rings. The Bertz CT molecular complexity index is 367. The van der Waals surface area contributed by atoms with Crippen LogP contribution in [0, 0.1) is 12.3 Å². The summed E-state index contributed by atoms with van der Waals surface area (Å²) < 4.78 is 0. The van der Waals surface area contributed by atoms with Crippen LogP contribution in [0.1, 0.15) is 36.1 Å². The van der Waals surface area contributed by atoms with Crippen molar-refractivity contribution in [1.29, 1.82) is 0 Å². The lowest BCUT2D eigenvalue weighted by atomic mass is 9.81. The molecule has 2 heteroatoms. The fourth-order valence-electron chi connectivity index (χ4n) is 2.51. The van der Waals surface area contributed by atoms with Gasteiger partial charge in [0.05, 0.1) is 12.7 Å². The van der Waals surface area contributed by atoms with Gasteiger partial charge in [0, 0.05) is 5.41 Å². The number of fused-ring (bicyclic) bond motifs is 1. The predicted octanol–water partition coefficient (Wildman–Crippen LogP) is 1.97. The summed E-state index contributed by atoms with van der Waals surface area (Å²) in [7, 11) is 0. The van der Waals surface area contributed by atoms with E-state index in [-0.39, 0.29) is 12.0 Å². The maximum atomic E-state index is 10.3. The molecule has 0 saturated carbocycles. The molecule has 15 heavy (non-hydrogen) atoms. The van der Waals surface area contributed by atoms with Crippen LogP contribution in [0.3, 0.4) is 0 Å². The van der Waals surface area contributed by atoms with Gasteiger partial charge in [-0.15, -0.1) is 0 Å². The number of hydrogen-bond acceptors (Lipinski definition) is 2. The second-order valence-electron chi connectivity index (χ2n) is 4.66. The van der Waals surface area contributed by atoms with Gasteiger partial charge in [-0.2, -0.15) is 0 Å². The molecule has 82 valence electrons. The highest BCUT2D eigenvalue weighted by Crippen LogP contribution is 2.47. The van der Waals surface area contributed by atoms with Crippen molar-refractivity contribution in [2.45, 2.75) is 32.8 Å². The van der Waals surface area contributed by atoms with Crippen LogP contribution >= 0.6 is 0 Å². The van der Waals surface area contributed by atoms with Crippen LogP contribution in [-0.2, 0) is 6.42 Å². The highest BCUT2D eigenvalue weighted by molar-refractivity contribution is 5.39. The Balaban J connectivity index is 2.44. The van der Waals surface area contributed by atoms with E-state index in [0.29, 0.717) is 0 Å². The molecule has 0 spiro atoms. The molecule has 2 N–H and O–H groups in total. The first kappa shape index (κ1) is 10.7. The third-order valence-corrected chi connectivity index (χ3v) is 3.74. The molecule has 0 aliphatic heterocycles. The van der Waals surface area contributed by atoms with E-state index in [2.05, 4.69) is 12.1 Å². The standard InChI is InChI=1S/C13H18O2/c1-3-13(8-14)7-10-5-4-9(2)6-11(10)12(13)15/h4-6,12,14-15H,3,7-8H2,1-2H3/t12-,13-/m1/s1. The van der Waals surface area contributed by atoms with Crippen molar-refractivity contribution >= 4 is 0 Å². The second kappa shape index (κ2) is 3.62. The minimum absolute atomic E-state index is 0.0540. The Morgan fingerprint density at radius 1 is 1.47 bits per heavy atom. The molecule has 0 fully saturated rings. The van der Waals surface area contributed by atoms with Crippen LogP contribution in [-0.4, -0.2) is 16.8 Å². The van der Waals surface area contributed by atoms with Crippen molar-refractivity contribution in [3.05, 3.63) is 34.9 Å². The van der Waals surface area contributed by atoms with Gasteiger partial charge >= 0.3 is 0 Å². The van der Waals surface area contributed by atoms with Crippen LogP contribution in [0.15, 0.2) is 18.2 Å². The first-order valence-corrected chi connectivity index (χ1v) is 5.51. The zero-order valence-corrected chi connectivity index (χ0v) is 9.33. The van der Waals surface area contributed by atoms with Crippen molar-refractivity contribution in [3.63, 3.8) is 0 Å². The van der Waals surface area contributed by atoms with Crippen molar-refractivity contribution < 1.29 is 10.2 Å². The lowest BCUT2D eigenvalue weighted by Crippen LogP contribution is -2.29. The van der Waals surface area contributed by atoms with Gasteiger partial charge in [-0.05, 0) is 30.9 Å². The predicted molar refractivity (Wildman–Crippen MR) is 59.7 cm³/mol. The Labute approximate surface area is 90.6 Å². The first-order valence-electron chi connectivity index (χ1n) is 5.51. The minimum Gasteiger partial charge on any atom is -0.396 e. The van der Waals surface area contributed by atoms with Crippen LogP contribution in [0.5, 0.6) is 0 Å². The number of aliphatic hydroxyl groups is 2. The molecule has 2 nitrogen and oxygen atoms in total. The number of aryl methyl sites for hydroxylation is 1. The Morgan fingerprint density at radius 3 is 2.80 bits per heavy atom. The maximum absolute atomic E-state index is 10.3. The number of rotatable bonds is 2. The zero-order valence-electron chi connectivity index (χ0n) is 9.33. The van der Waals surface area contributed by atoms with E-state index >= 15 is 0 Å². The molecule has 0 amide bonds. The molecule has 1 aliphatic carbocycles. The average Bonchev–Trinajstić information content (AvgIpc) is 2.53. The van der Waals surface area contributed by atoms with Gasteiger partial charge in [-0.1, -0.05) is 30.7 Å². The Kier molecular flexibility index (Phi) is 2.57.